The van der Waals surface area contributed by atoms with E-state index in [9.17, 15) is 19.2 Å². The Morgan fingerprint density at radius 3 is 1.55 bits per heavy atom. The van der Waals surface area contributed by atoms with Gasteiger partial charge in [0.05, 0.1) is 0 Å². The zero-order valence-corrected chi connectivity index (χ0v) is 11.9. The lowest BCUT2D eigenvalue weighted by atomic mass is 10.1. The Balaban J connectivity index is 2.60. The van der Waals surface area contributed by atoms with E-state index >= 15 is 0 Å². The molecule has 7 nitrogen and oxygen atoms in total. The van der Waals surface area contributed by atoms with E-state index in [0.29, 0.717) is 0 Å². The number of aromatic nitrogens is 1. The van der Waals surface area contributed by atoms with Crippen molar-refractivity contribution in [3.8, 4) is 0 Å². The molecule has 0 aliphatic rings. The smallest absolute Gasteiger partial charge is 0.303 e. The molecule has 0 unspecified atom stereocenters. The summed E-state index contributed by atoms with van der Waals surface area (Å²) in [6, 6.07) is 4.47. The molecule has 2 N–H and O–H groups in total. The average molecular weight is 307 g/mol. The fourth-order valence-corrected chi connectivity index (χ4v) is 1.80. The van der Waals surface area contributed by atoms with Crippen molar-refractivity contribution < 1.29 is 29.4 Å². The molecule has 0 radical (unpaired) electrons. The van der Waals surface area contributed by atoms with Crippen molar-refractivity contribution in [2.24, 2.45) is 0 Å². The maximum absolute atomic E-state index is 11.9. The van der Waals surface area contributed by atoms with Crippen LogP contribution in [0.3, 0.4) is 0 Å². The van der Waals surface area contributed by atoms with Gasteiger partial charge in [0, 0.05) is 25.7 Å². The summed E-state index contributed by atoms with van der Waals surface area (Å²) in [5, 5.41) is 17.0. The quantitative estimate of drug-likeness (QED) is 0.633. The zero-order valence-electron chi connectivity index (χ0n) is 11.9. The van der Waals surface area contributed by atoms with Gasteiger partial charge < -0.3 is 10.2 Å². The predicted molar refractivity (Wildman–Crippen MR) is 75.9 cm³/mol. The van der Waals surface area contributed by atoms with E-state index in [-0.39, 0.29) is 61.5 Å². The van der Waals surface area contributed by atoms with Gasteiger partial charge in [0.25, 0.3) is 0 Å². The van der Waals surface area contributed by atoms with Gasteiger partial charge in [0.15, 0.2) is 11.6 Å². The molecule has 0 spiro atoms. The molecule has 22 heavy (non-hydrogen) atoms. The van der Waals surface area contributed by atoms with E-state index in [4.69, 9.17) is 10.2 Å². The highest BCUT2D eigenvalue weighted by Crippen LogP contribution is 2.09. The highest BCUT2D eigenvalue weighted by atomic mass is 16.4. The standard InChI is InChI=1S/C15H17NO6/c17-12(6-2-8-14(19)20)10-4-1-5-11(16-10)13(18)7-3-9-15(21)22/h1,4-5H,2-3,6-9H2,(H,19,20)(H,21,22). The zero-order chi connectivity index (χ0) is 16.5. The van der Waals surface area contributed by atoms with Crippen molar-refractivity contribution >= 4 is 23.5 Å². The Morgan fingerprint density at radius 1 is 0.773 bits per heavy atom. The van der Waals surface area contributed by atoms with Gasteiger partial charge in [0.2, 0.25) is 0 Å². The van der Waals surface area contributed by atoms with Crippen LogP contribution < -0.4 is 0 Å². The molecule has 1 aromatic heterocycles. The number of hydrogen-bond donors (Lipinski definition) is 2. The Labute approximate surface area is 127 Å². The van der Waals surface area contributed by atoms with Gasteiger partial charge in [-0.15, -0.1) is 0 Å². The summed E-state index contributed by atoms with van der Waals surface area (Å²) in [6.45, 7) is 0. The fraction of sp³-hybridized carbons (Fsp3) is 0.400. The number of ketones is 2. The molecule has 0 amide bonds. The molecule has 0 saturated carbocycles. The Kier molecular flexibility index (Phi) is 6.88. The van der Waals surface area contributed by atoms with E-state index in [1.54, 1.807) is 0 Å². The largest absolute Gasteiger partial charge is 0.481 e. The lowest BCUT2D eigenvalue weighted by molar-refractivity contribution is -0.138. The lowest BCUT2D eigenvalue weighted by Gasteiger charge is -2.03. The minimum absolute atomic E-state index is 0.0515. The van der Waals surface area contributed by atoms with E-state index in [1.807, 2.05) is 0 Å². The normalized spacial score (nSPS) is 10.2. The van der Waals surface area contributed by atoms with Gasteiger partial charge in [-0.25, -0.2) is 4.98 Å². The third-order valence-electron chi connectivity index (χ3n) is 2.91. The van der Waals surface area contributed by atoms with Gasteiger partial charge in [-0.3, -0.25) is 19.2 Å². The summed E-state index contributed by atoms with van der Waals surface area (Å²) < 4.78 is 0. The molecule has 0 aromatic carbocycles. The molecule has 118 valence electrons. The van der Waals surface area contributed by atoms with E-state index in [2.05, 4.69) is 4.98 Å². The summed E-state index contributed by atoms with van der Waals surface area (Å²) >= 11 is 0. The number of carbonyl (C=O) groups excluding carboxylic acids is 2. The van der Waals surface area contributed by atoms with Crippen LogP contribution in [0.25, 0.3) is 0 Å². The molecule has 0 aliphatic carbocycles. The molecule has 0 saturated heterocycles. The van der Waals surface area contributed by atoms with Crippen molar-refractivity contribution in [2.45, 2.75) is 38.5 Å². The Morgan fingerprint density at radius 2 is 1.18 bits per heavy atom. The molecule has 0 fully saturated rings. The van der Waals surface area contributed by atoms with Gasteiger partial charge >= 0.3 is 11.9 Å². The third kappa shape index (κ3) is 6.25. The molecule has 0 atom stereocenters. The molecule has 1 rings (SSSR count). The van der Waals surface area contributed by atoms with Crippen LogP contribution in [-0.4, -0.2) is 38.7 Å². The minimum atomic E-state index is -0.969. The summed E-state index contributed by atoms with van der Waals surface area (Å²) in [5.74, 6) is -2.57. The van der Waals surface area contributed by atoms with Crippen LogP contribution in [-0.2, 0) is 9.59 Å². The average Bonchev–Trinajstić information content (AvgIpc) is 2.46. The monoisotopic (exact) mass is 307 g/mol. The second kappa shape index (κ2) is 8.66. The number of rotatable bonds is 10. The number of aliphatic carboxylic acids is 2. The highest BCUT2D eigenvalue weighted by molar-refractivity contribution is 5.98. The maximum atomic E-state index is 11.9. The predicted octanol–water partition coefficient (Wildman–Crippen LogP) is 1.96. The summed E-state index contributed by atoms with van der Waals surface area (Å²) in [6.07, 6.45) is 0.338. The number of pyridine rings is 1. The van der Waals surface area contributed by atoms with Crippen LogP contribution >= 0.6 is 0 Å². The Bertz CT molecular complexity index is 534. The highest BCUT2D eigenvalue weighted by Gasteiger charge is 2.13. The number of carbonyl (C=O) groups is 4. The van der Waals surface area contributed by atoms with Crippen molar-refractivity contribution in [1.29, 1.82) is 0 Å². The van der Waals surface area contributed by atoms with Crippen molar-refractivity contribution in [2.75, 3.05) is 0 Å². The second-order valence-corrected chi connectivity index (χ2v) is 4.75. The summed E-state index contributed by atoms with van der Waals surface area (Å²) in [4.78, 5) is 48.5. The van der Waals surface area contributed by atoms with E-state index in [1.165, 1.54) is 18.2 Å². The Hall–Kier alpha value is -2.57. The van der Waals surface area contributed by atoms with E-state index < -0.39 is 11.9 Å². The van der Waals surface area contributed by atoms with Gasteiger partial charge in [-0.1, -0.05) is 6.07 Å². The van der Waals surface area contributed by atoms with Crippen LogP contribution in [0.1, 0.15) is 59.5 Å². The number of hydrogen-bond acceptors (Lipinski definition) is 5. The van der Waals surface area contributed by atoms with Crippen molar-refractivity contribution in [1.82, 2.24) is 4.98 Å². The lowest BCUT2D eigenvalue weighted by Crippen LogP contribution is -2.09. The second-order valence-electron chi connectivity index (χ2n) is 4.75. The first kappa shape index (κ1) is 17.5. The first-order chi connectivity index (χ1) is 10.4. The number of carboxylic acid groups (broad SMARTS) is 2. The fourth-order valence-electron chi connectivity index (χ4n) is 1.80. The maximum Gasteiger partial charge on any atom is 0.303 e. The topological polar surface area (TPSA) is 122 Å². The number of carboxylic acids is 2. The summed E-state index contributed by atoms with van der Waals surface area (Å²) in [7, 11) is 0. The molecular formula is C15H17NO6. The first-order valence-electron chi connectivity index (χ1n) is 6.87. The summed E-state index contributed by atoms with van der Waals surface area (Å²) in [5.41, 5.74) is 0.240. The van der Waals surface area contributed by atoms with Crippen molar-refractivity contribution in [3.05, 3.63) is 29.6 Å². The van der Waals surface area contributed by atoms with Gasteiger partial charge in [-0.2, -0.15) is 0 Å². The number of Topliss-reactive ketones (excluding diaryl/α,β-unsaturated/α-hetero) is 2. The molecule has 0 aliphatic heterocycles. The van der Waals surface area contributed by atoms with Crippen LogP contribution in [0, 0.1) is 0 Å². The van der Waals surface area contributed by atoms with E-state index in [0.717, 1.165) is 0 Å². The number of nitrogens with zero attached hydrogens (tertiary/aromatic N) is 1. The third-order valence-corrected chi connectivity index (χ3v) is 2.91. The van der Waals surface area contributed by atoms with Crippen LogP contribution in [0.4, 0.5) is 0 Å². The van der Waals surface area contributed by atoms with Gasteiger partial charge in [-0.05, 0) is 25.0 Å². The van der Waals surface area contributed by atoms with Gasteiger partial charge in [0.1, 0.15) is 11.4 Å². The van der Waals surface area contributed by atoms with Crippen LogP contribution in [0.5, 0.6) is 0 Å². The molecule has 7 heteroatoms. The SMILES string of the molecule is O=C(O)CCCC(=O)c1cccc(C(=O)CCCC(=O)O)n1. The van der Waals surface area contributed by atoms with Crippen molar-refractivity contribution in [3.63, 3.8) is 0 Å². The minimum Gasteiger partial charge on any atom is -0.481 e. The molecule has 1 heterocycles. The molecular weight excluding hydrogens is 290 g/mol. The van der Waals surface area contributed by atoms with Crippen LogP contribution in [0.15, 0.2) is 18.2 Å². The molecule has 0 bridgehead atoms. The van der Waals surface area contributed by atoms with Crippen LogP contribution in [0.2, 0.25) is 0 Å². The molecule has 1 aromatic rings. The first-order valence-corrected chi connectivity index (χ1v) is 6.87.